The van der Waals surface area contributed by atoms with E-state index in [0.29, 0.717) is 11.3 Å². The molecule has 0 spiro atoms. The SMILES string of the molecule is CSCC(C)NCc1c(Cl)oc2ccccc12. The highest BCUT2D eigenvalue weighted by molar-refractivity contribution is 7.98. The molecule has 0 bridgehead atoms. The van der Waals surface area contributed by atoms with Crippen LogP contribution in [0.2, 0.25) is 5.22 Å². The van der Waals surface area contributed by atoms with Crippen molar-refractivity contribution >= 4 is 34.3 Å². The normalized spacial score (nSPS) is 13.1. The molecule has 2 aromatic rings. The second-order valence-electron chi connectivity index (χ2n) is 4.09. The lowest BCUT2D eigenvalue weighted by Gasteiger charge is -2.11. The molecular weight excluding hydrogens is 254 g/mol. The van der Waals surface area contributed by atoms with E-state index in [0.717, 1.165) is 28.8 Å². The Balaban J connectivity index is 2.15. The zero-order valence-electron chi connectivity index (χ0n) is 10.00. The second-order valence-corrected chi connectivity index (χ2v) is 5.34. The van der Waals surface area contributed by atoms with Gasteiger partial charge in [0, 0.05) is 29.3 Å². The number of fused-ring (bicyclic) bond motifs is 1. The first-order chi connectivity index (χ1) is 8.22. The number of benzene rings is 1. The van der Waals surface area contributed by atoms with Gasteiger partial charge in [-0.05, 0) is 30.8 Å². The van der Waals surface area contributed by atoms with Gasteiger partial charge in [-0.3, -0.25) is 0 Å². The van der Waals surface area contributed by atoms with Gasteiger partial charge in [0.1, 0.15) is 5.58 Å². The van der Waals surface area contributed by atoms with E-state index in [2.05, 4.69) is 18.5 Å². The van der Waals surface area contributed by atoms with Gasteiger partial charge in [-0.1, -0.05) is 18.2 Å². The topological polar surface area (TPSA) is 25.2 Å². The molecule has 0 aliphatic heterocycles. The van der Waals surface area contributed by atoms with Crippen molar-refractivity contribution in [1.29, 1.82) is 0 Å². The van der Waals surface area contributed by atoms with E-state index in [1.54, 1.807) is 0 Å². The van der Waals surface area contributed by atoms with Crippen LogP contribution < -0.4 is 5.32 Å². The molecule has 2 nitrogen and oxygen atoms in total. The van der Waals surface area contributed by atoms with Crippen molar-refractivity contribution in [2.45, 2.75) is 19.5 Å². The third-order valence-corrected chi connectivity index (χ3v) is 3.83. The number of furan rings is 1. The molecule has 0 amide bonds. The molecule has 4 heteroatoms. The maximum Gasteiger partial charge on any atom is 0.199 e. The van der Waals surface area contributed by atoms with Crippen LogP contribution in [0.5, 0.6) is 0 Å². The van der Waals surface area contributed by atoms with Crippen molar-refractivity contribution in [1.82, 2.24) is 5.32 Å². The predicted octanol–water partition coefficient (Wildman–Crippen LogP) is 3.93. The fourth-order valence-electron chi connectivity index (χ4n) is 1.82. The number of para-hydroxylation sites is 1. The van der Waals surface area contributed by atoms with Crippen LogP contribution in [0.3, 0.4) is 0 Å². The Labute approximate surface area is 111 Å². The average molecular weight is 270 g/mol. The van der Waals surface area contributed by atoms with E-state index in [1.165, 1.54) is 0 Å². The van der Waals surface area contributed by atoms with Crippen molar-refractivity contribution in [2.75, 3.05) is 12.0 Å². The van der Waals surface area contributed by atoms with Crippen LogP contribution in [0.25, 0.3) is 11.0 Å². The lowest BCUT2D eigenvalue weighted by atomic mass is 10.2. The summed E-state index contributed by atoms with van der Waals surface area (Å²) >= 11 is 7.95. The standard InChI is InChI=1S/C13H16ClNOS/c1-9(8-17-2)15-7-11-10-5-3-4-6-12(10)16-13(11)14/h3-6,9,15H,7-8H2,1-2H3. The molecule has 1 atom stereocenters. The second kappa shape index (κ2) is 5.80. The Morgan fingerprint density at radius 3 is 2.94 bits per heavy atom. The highest BCUT2D eigenvalue weighted by Crippen LogP contribution is 2.29. The summed E-state index contributed by atoms with van der Waals surface area (Å²) in [7, 11) is 0. The van der Waals surface area contributed by atoms with E-state index in [4.69, 9.17) is 16.0 Å². The summed E-state index contributed by atoms with van der Waals surface area (Å²) < 4.78 is 5.51. The molecule has 2 rings (SSSR count). The zero-order valence-corrected chi connectivity index (χ0v) is 11.6. The van der Waals surface area contributed by atoms with Gasteiger partial charge in [0.15, 0.2) is 5.22 Å². The zero-order chi connectivity index (χ0) is 12.3. The minimum Gasteiger partial charge on any atom is -0.444 e. The van der Waals surface area contributed by atoms with Crippen LogP contribution in [0.4, 0.5) is 0 Å². The van der Waals surface area contributed by atoms with Crippen LogP contribution >= 0.6 is 23.4 Å². The third-order valence-electron chi connectivity index (χ3n) is 2.69. The van der Waals surface area contributed by atoms with Crippen LogP contribution in [0.1, 0.15) is 12.5 Å². The molecule has 0 radical (unpaired) electrons. The molecule has 17 heavy (non-hydrogen) atoms. The summed E-state index contributed by atoms with van der Waals surface area (Å²) in [4.78, 5) is 0. The first kappa shape index (κ1) is 12.8. The van der Waals surface area contributed by atoms with Crippen LogP contribution in [-0.4, -0.2) is 18.1 Å². The quantitative estimate of drug-likeness (QED) is 0.890. The minimum atomic E-state index is 0.467. The summed E-state index contributed by atoms with van der Waals surface area (Å²) in [5.74, 6) is 1.09. The van der Waals surface area contributed by atoms with Gasteiger partial charge in [0.2, 0.25) is 0 Å². The minimum absolute atomic E-state index is 0.467. The summed E-state index contributed by atoms with van der Waals surface area (Å²) in [5, 5.41) is 5.05. The lowest BCUT2D eigenvalue weighted by Crippen LogP contribution is -2.27. The largest absolute Gasteiger partial charge is 0.444 e. The van der Waals surface area contributed by atoms with Gasteiger partial charge < -0.3 is 9.73 Å². The highest BCUT2D eigenvalue weighted by atomic mass is 35.5. The summed E-state index contributed by atoms with van der Waals surface area (Å²) in [5.41, 5.74) is 1.90. The lowest BCUT2D eigenvalue weighted by molar-refractivity contribution is 0.578. The third kappa shape index (κ3) is 2.97. The average Bonchev–Trinajstić information content (AvgIpc) is 2.62. The van der Waals surface area contributed by atoms with Crippen molar-refractivity contribution in [2.24, 2.45) is 0 Å². The van der Waals surface area contributed by atoms with Gasteiger partial charge >= 0.3 is 0 Å². The molecule has 0 saturated carbocycles. The summed E-state index contributed by atoms with van der Waals surface area (Å²) in [6, 6.07) is 8.41. The smallest absolute Gasteiger partial charge is 0.199 e. The fraction of sp³-hybridized carbons (Fsp3) is 0.385. The van der Waals surface area contributed by atoms with E-state index < -0.39 is 0 Å². The fourth-order valence-corrected chi connectivity index (χ4v) is 2.69. The van der Waals surface area contributed by atoms with Crippen LogP contribution in [0.15, 0.2) is 28.7 Å². The van der Waals surface area contributed by atoms with E-state index in [-0.39, 0.29) is 0 Å². The molecule has 0 fully saturated rings. The monoisotopic (exact) mass is 269 g/mol. The Bertz CT molecular complexity index is 497. The molecule has 0 aliphatic rings. The number of halogens is 1. The van der Waals surface area contributed by atoms with Crippen LogP contribution in [0, 0.1) is 0 Å². The van der Waals surface area contributed by atoms with E-state index >= 15 is 0 Å². The van der Waals surface area contributed by atoms with Gasteiger partial charge in [0.25, 0.3) is 0 Å². The van der Waals surface area contributed by atoms with Gasteiger partial charge in [-0.25, -0.2) is 0 Å². The Kier molecular flexibility index (Phi) is 4.37. The predicted molar refractivity (Wildman–Crippen MR) is 75.9 cm³/mol. The maximum absolute atomic E-state index is 6.12. The van der Waals surface area contributed by atoms with Crippen molar-refractivity contribution in [3.63, 3.8) is 0 Å². The molecule has 1 unspecified atom stereocenters. The Morgan fingerprint density at radius 2 is 2.18 bits per heavy atom. The maximum atomic E-state index is 6.12. The highest BCUT2D eigenvalue weighted by Gasteiger charge is 2.12. The molecule has 92 valence electrons. The number of rotatable bonds is 5. The van der Waals surface area contributed by atoms with E-state index in [1.807, 2.05) is 36.0 Å². The van der Waals surface area contributed by atoms with Gasteiger partial charge in [0.05, 0.1) is 0 Å². The molecule has 1 aromatic carbocycles. The molecule has 1 N–H and O–H groups in total. The van der Waals surface area contributed by atoms with Gasteiger partial charge in [-0.15, -0.1) is 0 Å². The Morgan fingerprint density at radius 1 is 1.41 bits per heavy atom. The molecular formula is C13H16ClNOS. The molecule has 0 aliphatic carbocycles. The molecule has 0 saturated heterocycles. The van der Waals surface area contributed by atoms with E-state index in [9.17, 15) is 0 Å². The summed E-state index contributed by atoms with van der Waals surface area (Å²) in [6.07, 6.45) is 2.11. The van der Waals surface area contributed by atoms with Crippen molar-refractivity contribution in [3.8, 4) is 0 Å². The van der Waals surface area contributed by atoms with Crippen molar-refractivity contribution in [3.05, 3.63) is 35.0 Å². The van der Waals surface area contributed by atoms with Crippen molar-refractivity contribution < 1.29 is 4.42 Å². The molecule has 1 heterocycles. The number of hydrogen-bond donors (Lipinski definition) is 1. The first-order valence-corrected chi connectivity index (χ1v) is 7.37. The Hall–Kier alpha value is -0.640. The first-order valence-electron chi connectivity index (χ1n) is 5.60. The number of hydrogen-bond acceptors (Lipinski definition) is 3. The number of nitrogens with one attached hydrogen (secondary N) is 1. The summed E-state index contributed by atoms with van der Waals surface area (Å²) in [6.45, 7) is 2.92. The van der Waals surface area contributed by atoms with Gasteiger partial charge in [-0.2, -0.15) is 11.8 Å². The van der Waals surface area contributed by atoms with Crippen LogP contribution in [-0.2, 0) is 6.54 Å². The number of thioether (sulfide) groups is 1. The molecule has 1 aromatic heterocycles.